The van der Waals surface area contributed by atoms with E-state index >= 15 is 0 Å². The van der Waals surface area contributed by atoms with Crippen LogP contribution >= 0.6 is 0 Å². The molecule has 2 fully saturated rings. The minimum atomic E-state index is -0.545. The van der Waals surface area contributed by atoms with E-state index in [2.05, 4.69) is 30.3 Å². The largest absolute Gasteiger partial charge is 0.394 e. The average Bonchev–Trinajstić information content (AvgIpc) is 3.14. The van der Waals surface area contributed by atoms with Gasteiger partial charge in [-0.15, -0.1) is 0 Å². The van der Waals surface area contributed by atoms with E-state index in [9.17, 15) is 5.11 Å². The standard InChI is InChI=1S/C14H19N9O2/c15-14-19-12-11(13(20-14)18-7-2-1-3-7)23(6-17-12)10-4-8(21-22-16)9(5-24)25-10/h6-10,24H,1-5H2,(H3,15,18,19,20)/t8-,9+,10+/m0/s1. The molecule has 1 aliphatic carbocycles. The second-order valence-corrected chi connectivity index (χ2v) is 6.35. The van der Waals surface area contributed by atoms with E-state index in [1.165, 1.54) is 6.42 Å². The zero-order valence-corrected chi connectivity index (χ0v) is 13.5. The summed E-state index contributed by atoms with van der Waals surface area (Å²) >= 11 is 0. The highest BCUT2D eigenvalue weighted by Crippen LogP contribution is 2.35. The van der Waals surface area contributed by atoms with Gasteiger partial charge in [0, 0.05) is 17.4 Å². The van der Waals surface area contributed by atoms with Crippen molar-refractivity contribution in [1.82, 2.24) is 19.5 Å². The first-order valence-electron chi connectivity index (χ1n) is 8.26. The summed E-state index contributed by atoms with van der Waals surface area (Å²) in [5.41, 5.74) is 15.7. The molecule has 0 bridgehead atoms. The minimum absolute atomic E-state index is 0.159. The first-order chi connectivity index (χ1) is 12.2. The molecule has 132 valence electrons. The molecule has 0 unspecified atom stereocenters. The predicted octanol–water partition coefficient (Wildman–Crippen LogP) is 1.33. The number of nitrogens with zero attached hydrogens (tertiary/aromatic N) is 7. The van der Waals surface area contributed by atoms with Gasteiger partial charge in [0.1, 0.15) is 11.7 Å². The van der Waals surface area contributed by atoms with E-state index in [-0.39, 0.29) is 12.6 Å². The molecule has 1 aliphatic heterocycles. The Morgan fingerprint density at radius 1 is 1.48 bits per heavy atom. The van der Waals surface area contributed by atoms with E-state index in [0.717, 1.165) is 12.8 Å². The Morgan fingerprint density at radius 3 is 3.00 bits per heavy atom. The first kappa shape index (κ1) is 15.9. The van der Waals surface area contributed by atoms with Crippen LogP contribution in [0.25, 0.3) is 21.6 Å². The third-order valence-corrected chi connectivity index (χ3v) is 4.79. The van der Waals surface area contributed by atoms with Crippen LogP contribution < -0.4 is 11.1 Å². The van der Waals surface area contributed by atoms with Crippen LogP contribution in [-0.4, -0.2) is 49.4 Å². The average molecular weight is 345 g/mol. The number of hydrogen-bond donors (Lipinski definition) is 3. The van der Waals surface area contributed by atoms with Gasteiger partial charge in [0.05, 0.1) is 25.1 Å². The summed E-state index contributed by atoms with van der Waals surface area (Å²) in [5.74, 6) is 0.785. The number of aliphatic hydroxyl groups is 1. The maximum absolute atomic E-state index is 9.45. The number of hydrogen-bond acceptors (Lipinski definition) is 8. The molecular formula is C14H19N9O2. The summed E-state index contributed by atoms with van der Waals surface area (Å²) in [6.45, 7) is -0.219. The number of nitrogens with two attached hydrogens (primary N) is 1. The highest BCUT2D eigenvalue weighted by molar-refractivity contribution is 5.84. The van der Waals surface area contributed by atoms with Gasteiger partial charge in [-0.3, -0.25) is 4.57 Å². The minimum Gasteiger partial charge on any atom is -0.394 e. The number of anilines is 2. The molecule has 3 heterocycles. The van der Waals surface area contributed by atoms with Crippen LogP contribution in [0.2, 0.25) is 0 Å². The van der Waals surface area contributed by atoms with Crippen LogP contribution in [0, 0.1) is 0 Å². The molecule has 1 saturated heterocycles. The summed E-state index contributed by atoms with van der Waals surface area (Å²) in [4.78, 5) is 15.7. The second-order valence-electron chi connectivity index (χ2n) is 6.35. The van der Waals surface area contributed by atoms with Gasteiger partial charge >= 0.3 is 0 Å². The maximum Gasteiger partial charge on any atom is 0.224 e. The first-order valence-corrected chi connectivity index (χ1v) is 8.26. The van der Waals surface area contributed by atoms with Gasteiger partial charge in [-0.25, -0.2) is 4.98 Å². The van der Waals surface area contributed by atoms with Crippen molar-refractivity contribution >= 4 is 22.9 Å². The van der Waals surface area contributed by atoms with Crippen molar-refractivity contribution in [1.29, 1.82) is 0 Å². The molecule has 1 saturated carbocycles. The molecule has 3 atom stereocenters. The second kappa shape index (κ2) is 6.36. The lowest BCUT2D eigenvalue weighted by Crippen LogP contribution is -2.28. The Morgan fingerprint density at radius 2 is 2.32 bits per heavy atom. The van der Waals surface area contributed by atoms with Crippen molar-refractivity contribution in [3.8, 4) is 0 Å². The topological polar surface area (TPSA) is 160 Å². The van der Waals surface area contributed by atoms with Crippen LogP contribution in [0.15, 0.2) is 11.4 Å². The molecule has 0 spiro atoms. The van der Waals surface area contributed by atoms with Crippen LogP contribution in [0.3, 0.4) is 0 Å². The molecule has 25 heavy (non-hydrogen) atoms. The Labute approximate surface area is 142 Å². The number of aliphatic hydroxyl groups excluding tert-OH is 1. The Balaban J connectivity index is 1.71. The number of fused-ring (bicyclic) bond motifs is 1. The lowest BCUT2D eigenvalue weighted by molar-refractivity contribution is -0.0230. The fourth-order valence-corrected chi connectivity index (χ4v) is 3.27. The molecule has 2 aliphatic rings. The maximum atomic E-state index is 9.45. The Bertz CT molecular complexity index is 827. The van der Waals surface area contributed by atoms with Gasteiger partial charge in [-0.1, -0.05) is 5.11 Å². The Hall–Kier alpha value is -2.62. The quantitative estimate of drug-likeness (QED) is 0.418. The molecule has 0 aromatic carbocycles. The molecule has 4 N–H and O–H groups in total. The zero-order chi connectivity index (χ0) is 17.4. The van der Waals surface area contributed by atoms with Crippen molar-refractivity contribution in [2.24, 2.45) is 5.11 Å². The number of azide groups is 1. The molecule has 4 rings (SSSR count). The summed E-state index contributed by atoms with van der Waals surface area (Å²) in [6, 6.07) is -0.0679. The van der Waals surface area contributed by atoms with Gasteiger partial charge < -0.3 is 20.9 Å². The van der Waals surface area contributed by atoms with Crippen molar-refractivity contribution in [3.63, 3.8) is 0 Å². The lowest BCUT2D eigenvalue weighted by Gasteiger charge is -2.27. The van der Waals surface area contributed by atoms with Crippen molar-refractivity contribution in [2.75, 3.05) is 17.7 Å². The fourth-order valence-electron chi connectivity index (χ4n) is 3.27. The molecule has 11 heteroatoms. The number of rotatable bonds is 5. The molecule has 2 aromatic heterocycles. The van der Waals surface area contributed by atoms with Gasteiger partial charge in [0.2, 0.25) is 5.95 Å². The number of nitrogens with one attached hydrogen (secondary N) is 1. The summed E-state index contributed by atoms with van der Waals surface area (Å²) in [5, 5.41) is 16.6. The highest BCUT2D eigenvalue weighted by atomic mass is 16.5. The monoisotopic (exact) mass is 345 g/mol. The SMILES string of the molecule is [N-]=[N+]=N[C@H]1C[C@H](n2cnc3nc(N)nc(NC4CCC4)c32)O[C@@H]1CO. The molecule has 0 radical (unpaired) electrons. The lowest BCUT2D eigenvalue weighted by atomic mass is 9.93. The van der Waals surface area contributed by atoms with Crippen LogP contribution in [0.4, 0.5) is 11.8 Å². The van der Waals surface area contributed by atoms with Gasteiger partial charge in [0.25, 0.3) is 0 Å². The smallest absolute Gasteiger partial charge is 0.224 e. The summed E-state index contributed by atoms with van der Waals surface area (Å²) in [6.07, 6.45) is 4.45. The van der Waals surface area contributed by atoms with E-state index in [4.69, 9.17) is 16.0 Å². The number of imidazole rings is 1. The zero-order valence-electron chi connectivity index (χ0n) is 13.5. The molecule has 11 nitrogen and oxygen atoms in total. The van der Waals surface area contributed by atoms with E-state index in [0.29, 0.717) is 29.4 Å². The number of ether oxygens (including phenoxy) is 1. The van der Waals surface area contributed by atoms with Crippen molar-refractivity contribution in [3.05, 3.63) is 16.8 Å². The van der Waals surface area contributed by atoms with E-state index < -0.39 is 18.4 Å². The number of nitrogen functional groups attached to an aromatic ring is 1. The summed E-state index contributed by atoms with van der Waals surface area (Å²) < 4.78 is 7.66. The fraction of sp³-hybridized carbons (Fsp3) is 0.643. The molecule has 2 aromatic rings. The van der Waals surface area contributed by atoms with Crippen molar-refractivity contribution in [2.45, 2.75) is 50.1 Å². The van der Waals surface area contributed by atoms with Crippen LogP contribution in [0.5, 0.6) is 0 Å². The Kier molecular flexibility index (Phi) is 4.04. The van der Waals surface area contributed by atoms with Crippen LogP contribution in [0.1, 0.15) is 31.9 Å². The molecular weight excluding hydrogens is 326 g/mol. The van der Waals surface area contributed by atoms with Gasteiger partial charge in [-0.05, 0) is 24.8 Å². The third kappa shape index (κ3) is 2.82. The van der Waals surface area contributed by atoms with Gasteiger partial charge in [0.15, 0.2) is 11.5 Å². The van der Waals surface area contributed by atoms with Gasteiger partial charge in [-0.2, -0.15) is 9.97 Å². The van der Waals surface area contributed by atoms with E-state index in [1.807, 2.05) is 4.57 Å². The van der Waals surface area contributed by atoms with Crippen LogP contribution in [-0.2, 0) is 4.74 Å². The summed E-state index contributed by atoms with van der Waals surface area (Å²) in [7, 11) is 0. The predicted molar refractivity (Wildman–Crippen MR) is 89.5 cm³/mol. The van der Waals surface area contributed by atoms with E-state index in [1.54, 1.807) is 6.33 Å². The molecule has 0 amide bonds. The normalized spacial score (nSPS) is 26.4. The third-order valence-electron chi connectivity index (χ3n) is 4.79. The number of aromatic nitrogens is 4. The van der Waals surface area contributed by atoms with Crippen molar-refractivity contribution < 1.29 is 9.84 Å². The highest BCUT2D eigenvalue weighted by Gasteiger charge is 2.36.